The molecule has 0 aliphatic heterocycles. The number of ether oxygens (including phenoxy) is 1. The minimum Gasteiger partial charge on any atom is -0.486 e. The molecule has 0 aliphatic carbocycles. The van der Waals surface area contributed by atoms with Gasteiger partial charge in [0.05, 0.1) is 11.4 Å². The van der Waals surface area contributed by atoms with E-state index in [4.69, 9.17) is 9.26 Å². The second kappa shape index (κ2) is 7.96. The summed E-state index contributed by atoms with van der Waals surface area (Å²) in [6.45, 7) is 5.90. The number of aromatic nitrogens is 3. The number of halogens is 1. The third-order valence-electron chi connectivity index (χ3n) is 3.60. The normalized spacial score (nSPS) is 12.3. The number of sulfone groups is 1. The van der Waals surface area contributed by atoms with E-state index in [1.807, 2.05) is 20.8 Å². The van der Waals surface area contributed by atoms with E-state index < -0.39 is 9.84 Å². The molecule has 0 amide bonds. The molecule has 150 valence electrons. The summed E-state index contributed by atoms with van der Waals surface area (Å²) in [5.41, 5.74) is 0.0887. The molecule has 0 unspecified atom stereocenters. The van der Waals surface area contributed by atoms with Crippen molar-refractivity contribution in [3.05, 3.63) is 57.9 Å². The van der Waals surface area contributed by atoms with Gasteiger partial charge >= 0.3 is 0 Å². The smallest absolute Gasteiger partial charge is 0.232 e. The molecular formula is C18H20FN3O4S2. The molecule has 0 saturated carbocycles. The fourth-order valence-electron chi connectivity index (χ4n) is 2.25. The van der Waals surface area contributed by atoms with E-state index in [-0.39, 0.29) is 35.2 Å². The Morgan fingerprint density at radius 3 is 2.50 bits per heavy atom. The van der Waals surface area contributed by atoms with Crippen molar-refractivity contribution in [2.75, 3.05) is 0 Å². The van der Waals surface area contributed by atoms with Crippen molar-refractivity contribution >= 4 is 21.2 Å². The summed E-state index contributed by atoms with van der Waals surface area (Å²) in [7, 11) is -3.50. The zero-order chi connectivity index (χ0) is 20.4. The van der Waals surface area contributed by atoms with Gasteiger partial charge in [0.2, 0.25) is 5.89 Å². The van der Waals surface area contributed by atoms with Crippen LogP contribution >= 0.6 is 11.3 Å². The Hall–Kier alpha value is -2.33. The van der Waals surface area contributed by atoms with Gasteiger partial charge < -0.3 is 9.26 Å². The molecule has 2 heterocycles. The van der Waals surface area contributed by atoms with E-state index in [1.54, 1.807) is 5.38 Å². The van der Waals surface area contributed by atoms with Gasteiger partial charge in [-0.2, -0.15) is 4.98 Å². The quantitative estimate of drug-likeness (QED) is 0.570. The SMILES string of the molecule is CC(C)(C)c1nc(CS(=O)(=O)Cc2csc(COc3ccc(F)cc3)n2)no1. The van der Waals surface area contributed by atoms with Crippen LogP contribution < -0.4 is 4.74 Å². The average Bonchev–Trinajstić information content (AvgIpc) is 3.22. The molecule has 2 aromatic heterocycles. The number of hydrogen-bond donors (Lipinski definition) is 0. The number of thiazole rings is 1. The summed E-state index contributed by atoms with van der Waals surface area (Å²) in [5, 5.41) is 6.06. The Balaban J connectivity index is 1.58. The van der Waals surface area contributed by atoms with Gasteiger partial charge in [-0.25, -0.2) is 17.8 Å². The van der Waals surface area contributed by atoms with Crippen molar-refractivity contribution in [3.63, 3.8) is 0 Å². The fraction of sp³-hybridized carbons (Fsp3) is 0.389. The van der Waals surface area contributed by atoms with Crippen LogP contribution in [-0.4, -0.2) is 23.5 Å². The number of benzene rings is 1. The zero-order valence-electron chi connectivity index (χ0n) is 15.7. The standard InChI is InChI=1S/C18H20FN3O4S2/c1-18(2,3)17-21-15(22-26-17)11-28(23,24)10-13-9-27-16(20-13)8-25-14-6-4-12(19)5-7-14/h4-7,9H,8,10-11H2,1-3H3. The highest BCUT2D eigenvalue weighted by Gasteiger charge is 2.24. The predicted molar refractivity (Wildman–Crippen MR) is 102 cm³/mol. The van der Waals surface area contributed by atoms with Crippen LogP contribution in [0.15, 0.2) is 34.2 Å². The zero-order valence-corrected chi connectivity index (χ0v) is 17.3. The first-order valence-electron chi connectivity index (χ1n) is 8.46. The summed E-state index contributed by atoms with van der Waals surface area (Å²) in [6.07, 6.45) is 0. The largest absolute Gasteiger partial charge is 0.486 e. The van der Waals surface area contributed by atoms with Crippen LogP contribution in [0.3, 0.4) is 0 Å². The molecule has 10 heteroatoms. The third-order valence-corrected chi connectivity index (χ3v) is 5.91. The van der Waals surface area contributed by atoms with Crippen LogP contribution in [0, 0.1) is 5.82 Å². The summed E-state index contributed by atoms with van der Waals surface area (Å²) in [6, 6.07) is 5.65. The van der Waals surface area contributed by atoms with Crippen LogP contribution in [-0.2, 0) is 33.4 Å². The lowest BCUT2D eigenvalue weighted by Gasteiger charge is -2.10. The molecule has 7 nitrogen and oxygen atoms in total. The van der Waals surface area contributed by atoms with Gasteiger partial charge in [-0.15, -0.1) is 11.3 Å². The lowest BCUT2D eigenvalue weighted by Crippen LogP contribution is -2.13. The van der Waals surface area contributed by atoms with E-state index in [0.29, 0.717) is 22.3 Å². The lowest BCUT2D eigenvalue weighted by molar-refractivity contribution is 0.305. The van der Waals surface area contributed by atoms with Crippen LogP contribution in [0.25, 0.3) is 0 Å². The molecule has 28 heavy (non-hydrogen) atoms. The van der Waals surface area contributed by atoms with E-state index in [2.05, 4.69) is 15.1 Å². The molecular weight excluding hydrogens is 405 g/mol. The monoisotopic (exact) mass is 425 g/mol. The van der Waals surface area contributed by atoms with Crippen molar-refractivity contribution in [2.24, 2.45) is 0 Å². The lowest BCUT2D eigenvalue weighted by atomic mass is 9.97. The molecule has 1 aromatic carbocycles. The molecule has 0 aliphatic rings. The highest BCUT2D eigenvalue weighted by Crippen LogP contribution is 2.21. The van der Waals surface area contributed by atoms with Gasteiger partial charge in [0.25, 0.3) is 0 Å². The van der Waals surface area contributed by atoms with Crippen molar-refractivity contribution in [1.82, 2.24) is 15.1 Å². The molecule has 0 bridgehead atoms. The topological polar surface area (TPSA) is 95.2 Å². The van der Waals surface area contributed by atoms with Crippen molar-refractivity contribution in [2.45, 2.75) is 44.3 Å². The first-order chi connectivity index (χ1) is 13.1. The van der Waals surface area contributed by atoms with E-state index in [0.717, 1.165) is 0 Å². The van der Waals surface area contributed by atoms with Crippen LogP contribution in [0.1, 0.15) is 43.2 Å². The van der Waals surface area contributed by atoms with E-state index in [1.165, 1.54) is 35.6 Å². The minimum absolute atomic E-state index is 0.139. The van der Waals surface area contributed by atoms with Crippen LogP contribution in [0.4, 0.5) is 4.39 Å². The Morgan fingerprint density at radius 1 is 1.14 bits per heavy atom. The third kappa shape index (κ3) is 5.59. The molecule has 3 rings (SSSR count). The van der Waals surface area contributed by atoms with Gasteiger partial charge in [0, 0.05) is 10.8 Å². The van der Waals surface area contributed by atoms with Gasteiger partial charge in [-0.05, 0) is 24.3 Å². The molecule has 0 atom stereocenters. The number of hydrogen-bond acceptors (Lipinski definition) is 8. The number of nitrogens with zero attached hydrogens (tertiary/aromatic N) is 3. The fourth-order valence-corrected chi connectivity index (χ4v) is 4.27. The summed E-state index contributed by atoms with van der Waals surface area (Å²) in [5.74, 6) is 0.166. The van der Waals surface area contributed by atoms with Crippen LogP contribution in [0.2, 0.25) is 0 Å². The summed E-state index contributed by atoms with van der Waals surface area (Å²) in [4.78, 5) is 8.45. The maximum Gasteiger partial charge on any atom is 0.232 e. The molecule has 0 spiro atoms. The second-order valence-electron chi connectivity index (χ2n) is 7.27. The molecule has 0 fully saturated rings. The van der Waals surface area contributed by atoms with Crippen molar-refractivity contribution in [3.8, 4) is 5.75 Å². The first-order valence-corrected chi connectivity index (χ1v) is 11.2. The van der Waals surface area contributed by atoms with Crippen LogP contribution in [0.5, 0.6) is 5.75 Å². The maximum absolute atomic E-state index is 12.9. The van der Waals surface area contributed by atoms with Gasteiger partial charge in [-0.1, -0.05) is 25.9 Å². The summed E-state index contributed by atoms with van der Waals surface area (Å²) < 4.78 is 48.4. The van der Waals surface area contributed by atoms with Gasteiger partial charge in [0.15, 0.2) is 15.7 Å². The average molecular weight is 426 g/mol. The van der Waals surface area contributed by atoms with E-state index >= 15 is 0 Å². The predicted octanol–water partition coefficient (Wildman–Crippen LogP) is 3.66. The van der Waals surface area contributed by atoms with E-state index in [9.17, 15) is 12.8 Å². The number of rotatable bonds is 7. The highest BCUT2D eigenvalue weighted by atomic mass is 32.2. The molecule has 3 aromatic rings. The minimum atomic E-state index is -3.50. The first kappa shape index (κ1) is 20.4. The maximum atomic E-state index is 12.9. The Labute approximate surface area is 166 Å². The Bertz CT molecular complexity index is 1040. The van der Waals surface area contributed by atoms with Gasteiger partial charge in [-0.3, -0.25) is 0 Å². The molecule has 0 saturated heterocycles. The highest BCUT2D eigenvalue weighted by molar-refractivity contribution is 7.89. The van der Waals surface area contributed by atoms with Crippen molar-refractivity contribution < 1.29 is 22.1 Å². The second-order valence-corrected chi connectivity index (χ2v) is 10.3. The molecule has 0 N–H and O–H groups in total. The van der Waals surface area contributed by atoms with Crippen molar-refractivity contribution in [1.29, 1.82) is 0 Å². The Morgan fingerprint density at radius 2 is 1.86 bits per heavy atom. The Kier molecular flexibility index (Phi) is 5.80. The van der Waals surface area contributed by atoms with Gasteiger partial charge in [0.1, 0.15) is 28.9 Å². The molecule has 0 radical (unpaired) electrons. The summed E-state index contributed by atoms with van der Waals surface area (Å²) >= 11 is 1.30.